The van der Waals surface area contributed by atoms with E-state index in [2.05, 4.69) is 4.90 Å². The predicted octanol–water partition coefficient (Wildman–Crippen LogP) is 1.23. The molecular weight excluding hydrogens is 282 g/mol. The average Bonchev–Trinajstić information content (AvgIpc) is 3.16. The molecule has 1 saturated carbocycles. The second-order valence-electron chi connectivity index (χ2n) is 5.39. The van der Waals surface area contributed by atoms with Gasteiger partial charge in [0.15, 0.2) is 0 Å². The van der Waals surface area contributed by atoms with Gasteiger partial charge in [0.05, 0.1) is 9.82 Å². The summed E-state index contributed by atoms with van der Waals surface area (Å²) < 4.78 is 22.9. The molecule has 1 aliphatic carbocycles. The minimum absolute atomic E-state index is 0.204. The highest BCUT2D eigenvalue weighted by Gasteiger charge is 2.44. The first-order chi connectivity index (χ1) is 9.36. The average molecular weight is 297 g/mol. The van der Waals surface area contributed by atoms with Gasteiger partial charge in [0.2, 0.25) is 10.0 Å². The Morgan fingerprint density at radius 3 is 2.75 bits per heavy atom. The first-order valence-corrected chi connectivity index (χ1v) is 8.00. The lowest BCUT2D eigenvalue weighted by atomic mass is 10.1. The topological polar surface area (TPSA) is 107 Å². The van der Waals surface area contributed by atoms with E-state index in [-0.39, 0.29) is 10.6 Å². The van der Waals surface area contributed by atoms with E-state index in [1.165, 1.54) is 18.6 Å². The summed E-state index contributed by atoms with van der Waals surface area (Å²) in [5.41, 5.74) is 0.338. The third kappa shape index (κ3) is 2.36. The SMILES string of the molecule is NS(=O)(=O)c1cc(N2CCCC3CC32)cc([N+](=O)[O-])c1. The first kappa shape index (κ1) is 13.3. The van der Waals surface area contributed by atoms with Gasteiger partial charge in [-0.3, -0.25) is 10.1 Å². The van der Waals surface area contributed by atoms with Gasteiger partial charge in [0.1, 0.15) is 0 Å². The molecule has 3 rings (SSSR count). The first-order valence-electron chi connectivity index (χ1n) is 6.45. The van der Waals surface area contributed by atoms with Crippen LogP contribution in [0.2, 0.25) is 0 Å². The number of rotatable bonds is 3. The highest BCUT2D eigenvalue weighted by molar-refractivity contribution is 7.89. The molecular formula is C12H15N3O4S. The van der Waals surface area contributed by atoms with Crippen LogP contribution >= 0.6 is 0 Å². The quantitative estimate of drug-likeness (QED) is 0.667. The number of piperidine rings is 1. The molecule has 1 aliphatic heterocycles. The van der Waals surface area contributed by atoms with E-state index in [0.717, 1.165) is 25.5 Å². The summed E-state index contributed by atoms with van der Waals surface area (Å²) in [6.07, 6.45) is 3.28. The Labute approximate surface area is 116 Å². The summed E-state index contributed by atoms with van der Waals surface area (Å²) in [5.74, 6) is 0.640. The van der Waals surface area contributed by atoms with Crippen LogP contribution in [0.3, 0.4) is 0 Å². The molecule has 2 fully saturated rings. The third-order valence-corrected chi connectivity index (χ3v) is 4.90. The minimum Gasteiger partial charge on any atom is -0.368 e. The summed E-state index contributed by atoms with van der Waals surface area (Å²) in [6, 6.07) is 4.25. The Bertz CT molecular complexity index is 673. The molecule has 20 heavy (non-hydrogen) atoms. The maximum atomic E-state index is 11.5. The monoisotopic (exact) mass is 297 g/mol. The van der Waals surface area contributed by atoms with Gasteiger partial charge in [-0.15, -0.1) is 0 Å². The molecule has 1 heterocycles. The molecule has 2 aliphatic rings. The normalized spacial score (nSPS) is 25.1. The summed E-state index contributed by atoms with van der Waals surface area (Å²) in [7, 11) is -3.95. The molecule has 0 spiro atoms. The lowest BCUT2D eigenvalue weighted by Crippen LogP contribution is -2.31. The van der Waals surface area contributed by atoms with Gasteiger partial charge >= 0.3 is 0 Å². The summed E-state index contributed by atoms with van der Waals surface area (Å²) in [4.78, 5) is 12.2. The molecule has 1 saturated heterocycles. The number of nitrogens with zero attached hydrogens (tertiary/aromatic N) is 2. The van der Waals surface area contributed by atoms with Crippen molar-refractivity contribution < 1.29 is 13.3 Å². The Kier molecular flexibility index (Phi) is 2.94. The van der Waals surface area contributed by atoms with Crippen LogP contribution in [0.25, 0.3) is 0 Å². The number of anilines is 1. The number of non-ortho nitro benzene ring substituents is 1. The molecule has 0 bridgehead atoms. The highest BCUT2D eigenvalue weighted by atomic mass is 32.2. The molecule has 0 amide bonds. The number of benzene rings is 1. The van der Waals surface area contributed by atoms with E-state index in [1.807, 2.05) is 0 Å². The van der Waals surface area contributed by atoms with Crippen LogP contribution in [0.5, 0.6) is 0 Å². The predicted molar refractivity (Wildman–Crippen MR) is 72.9 cm³/mol. The molecule has 1 aromatic carbocycles. The molecule has 0 radical (unpaired) electrons. The largest absolute Gasteiger partial charge is 0.368 e. The van der Waals surface area contributed by atoms with Crippen LogP contribution < -0.4 is 10.0 Å². The molecule has 108 valence electrons. The lowest BCUT2D eigenvalue weighted by Gasteiger charge is -2.29. The Morgan fingerprint density at radius 1 is 1.35 bits per heavy atom. The van der Waals surface area contributed by atoms with Crippen LogP contribution in [-0.2, 0) is 10.0 Å². The smallest absolute Gasteiger partial charge is 0.272 e. The maximum Gasteiger partial charge on any atom is 0.272 e. The molecule has 7 nitrogen and oxygen atoms in total. The molecule has 2 unspecified atom stereocenters. The van der Waals surface area contributed by atoms with Crippen LogP contribution in [0.1, 0.15) is 19.3 Å². The zero-order valence-electron chi connectivity index (χ0n) is 10.7. The maximum absolute atomic E-state index is 11.5. The van der Waals surface area contributed by atoms with E-state index in [9.17, 15) is 18.5 Å². The fourth-order valence-corrected chi connectivity index (χ4v) is 3.51. The Balaban J connectivity index is 2.05. The number of sulfonamides is 1. The van der Waals surface area contributed by atoms with Gasteiger partial charge < -0.3 is 4.90 Å². The zero-order chi connectivity index (χ0) is 14.5. The third-order valence-electron chi connectivity index (χ3n) is 4.01. The van der Waals surface area contributed by atoms with Crippen LogP contribution in [-0.4, -0.2) is 25.9 Å². The van der Waals surface area contributed by atoms with E-state index in [4.69, 9.17) is 5.14 Å². The number of fused-ring (bicyclic) bond motifs is 1. The Morgan fingerprint density at radius 2 is 2.10 bits per heavy atom. The number of hydrogen-bond donors (Lipinski definition) is 1. The van der Waals surface area contributed by atoms with Gasteiger partial charge in [-0.05, 0) is 31.2 Å². The van der Waals surface area contributed by atoms with Crippen LogP contribution in [0.15, 0.2) is 23.1 Å². The van der Waals surface area contributed by atoms with Crippen LogP contribution in [0, 0.1) is 16.0 Å². The molecule has 8 heteroatoms. The van der Waals surface area contributed by atoms with Crippen molar-refractivity contribution in [3.8, 4) is 0 Å². The zero-order valence-corrected chi connectivity index (χ0v) is 11.5. The van der Waals surface area contributed by atoms with Gasteiger partial charge in [-0.25, -0.2) is 13.6 Å². The second kappa shape index (κ2) is 4.42. The molecule has 2 atom stereocenters. The number of nitrogens with two attached hydrogens (primary N) is 1. The van der Waals surface area contributed by atoms with Gasteiger partial charge in [0, 0.05) is 30.4 Å². The van der Waals surface area contributed by atoms with Crippen molar-refractivity contribution in [3.05, 3.63) is 28.3 Å². The van der Waals surface area contributed by atoms with Gasteiger partial charge in [-0.1, -0.05) is 0 Å². The van der Waals surface area contributed by atoms with Gasteiger partial charge in [-0.2, -0.15) is 0 Å². The lowest BCUT2D eigenvalue weighted by molar-refractivity contribution is -0.385. The van der Waals surface area contributed by atoms with E-state index in [0.29, 0.717) is 17.6 Å². The molecule has 2 N–H and O–H groups in total. The standard InChI is InChI=1S/C12H15N3O4S/c13-20(18,19)11-6-9(5-10(7-11)15(16)17)14-3-1-2-8-4-12(8)14/h5-8,12H,1-4H2,(H2,13,18,19). The highest BCUT2D eigenvalue weighted by Crippen LogP contribution is 2.45. The van der Waals surface area contributed by atoms with Crippen LogP contribution in [0.4, 0.5) is 11.4 Å². The number of primary sulfonamides is 1. The van der Waals surface area contributed by atoms with Crippen molar-refractivity contribution in [2.45, 2.75) is 30.2 Å². The van der Waals surface area contributed by atoms with Gasteiger partial charge in [0.25, 0.3) is 5.69 Å². The van der Waals surface area contributed by atoms with E-state index in [1.54, 1.807) is 0 Å². The van der Waals surface area contributed by atoms with E-state index >= 15 is 0 Å². The van der Waals surface area contributed by atoms with Crippen molar-refractivity contribution in [2.24, 2.45) is 11.1 Å². The number of nitro benzene ring substituents is 1. The summed E-state index contributed by atoms with van der Waals surface area (Å²) in [5, 5.41) is 16.1. The van der Waals surface area contributed by atoms with Crippen molar-refractivity contribution in [1.29, 1.82) is 0 Å². The fourth-order valence-electron chi connectivity index (χ4n) is 2.94. The van der Waals surface area contributed by atoms with Crippen molar-refractivity contribution in [1.82, 2.24) is 0 Å². The second-order valence-corrected chi connectivity index (χ2v) is 6.95. The number of hydrogen-bond acceptors (Lipinski definition) is 5. The number of nitro groups is 1. The van der Waals surface area contributed by atoms with E-state index < -0.39 is 14.9 Å². The van der Waals surface area contributed by atoms with Crippen molar-refractivity contribution in [2.75, 3.05) is 11.4 Å². The fraction of sp³-hybridized carbons (Fsp3) is 0.500. The van der Waals surface area contributed by atoms with Crippen molar-refractivity contribution >= 4 is 21.4 Å². The minimum atomic E-state index is -3.95. The Hall–Kier alpha value is -1.67. The molecule has 1 aromatic rings. The molecule has 0 aromatic heterocycles. The summed E-state index contributed by atoms with van der Waals surface area (Å²) >= 11 is 0. The van der Waals surface area contributed by atoms with Crippen molar-refractivity contribution in [3.63, 3.8) is 0 Å². The summed E-state index contributed by atoms with van der Waals surface area (Å²) in [6.45, 7) is 0.798.